The van der Waals surface area contributed by atoms with Gasteiger partial charge in [-0.05, 0) is 61.3 Å². The summed E-state index contributed by atoms with van der Waals surface area (Å²) in [5.74, 6) is 0. The maximum absolute atomic E-state index is 12.3. The Morgan fingerprint density at radius 2 is 1.76 bits per heavy atom. The molecular formula is C22H28N2O. The van der Waals surface area contributed by atoms with Crippen molar-refractivity contribution in [1.29, 1.82) is 0 Å². The number of urea groups is 1. The van der Waals surface area contributed by atoms with E-state index in [2.05, 4.69) is 66.9 Å². The fourth-order valence-electron chi connectivity index (χ4n) is 3.49. The highest BCUT2D eigenvalue weighted by Gasteiger charge is 2.16. The minimum Gasteiger partial charge on any atom is -0.334 e. The summed E-state index contributed by atoms with van der Waals surface area (Å²) in [6, 6.07) is 14.9. The number of carbonyl (C=O) groups excluding carboxylic acids is 1. The van der Waals surface area contributed by atoms with Gasteiger partial charge in [0.1, 0.15) is 0 Å². The topological polar surface area (TPSA) is 41.1 Å². The van der Waals surface area contributed by atoms with Gasteiger partial charge in [-0.1, -0.05) is 55.0 Å². The molecule has 2 N–H and O–H groups in total. The fraction of sp³-hybridized carbons (Fsp3) is 0.409. The van der Waals surface area contributed by atoms with Crippen LogP contribution in [0.2, 0.25) is 0 Å². The third-order valence-electron chi connectivity index (χ3n) is 5.06. The van der Waals surface area contributed by atoms with E-state index in [1.54, 1.807) is 0 Å². The van der Waals surface area contributed by atoms with Gasteiger partial charge in [-0.15, -0.1) is 0 Å². The molecule has 1 aliphatic rings. The number of aryl methyl sites for hydroxylation is 3. The van der Waals surface area contributed by atoms with E-state index in [4.69, 9.17) is 0 Å². The second kappa shape index (κ2) is 8.19. The minimum atomic E-state index is -0.106. The van der Waals surface area contributed by atoms with Crippen LogP contribution in [0.1, 0.15) is 60.0 Å². The number of carbonyl (C=O) groups is 1. The number of benzene rings is 2. The molecule has 3 rings (SSSR count). The van der Waals surface area contributed by atoms with Gasteiger partial charge in [0.25, 0.3) is 0 Å². The normalized spacial score (nSPS) is 14.5. The van der Waals surface area contributed by atoms with Crippen LogP contribution in [-0.2, 0) is 19.4 Å². The average Bonchev–Trinajstić information content (AvgIpc) is 2.65. The van der Waals surface area contributed by atoms with Gasteiger partial charge in [0.2, 0.25) is 0 Å². The van der Waals surface area contributed by atoms with E-state index in [0.29, 0.717) is 6.54 Å². The van der Waals surface area contributed by atoms with Gasteiger partial charge in [-0.25, -0.2) is 4.79 Å². The van der Waals surface area contributed by atoms with Gasteiger partial charge < -0.3 is 10.6 Å². The first-order valence-electron chi connectivity index (χ1n) is 9.37. The summed E-state index contributed by atoms with van der Waals surface area (Å²) in [7, 11) is 0. The fourth-order valence-corrected chi connectivity index (χ4v) is 3.49. The van der Waals surface area contributed by atoms with Crippen LogP contribution in [0.4, 0.5) is 4.79 Å². The lowest BCUT2D eigenvalue weighted by atomic mass is 9.89. The van der Waals surface area contributed by atoms with Crippen LogP contribution in [0.15, 0.2) is 42.5 Å². The van der Waals surface area contributed by atoms with E-state index in [-0.39, 0.29) is 12.1 Å². The number of hydrogen-bond acceptors (Lipinski definition) is 1. The number of rotatable bonds is 5. The zero-order valence-corrected chi connectivity index (χ0v) is 15.3. The molecule has 0 spiro atoms. The van der Waals surface area contributed by atoms with Crippen molar-refractivity contribution in [3.63, 3.8) is 0 Å². The van der Waals surface area contributed by atoms with Crippen molar-refractivity contribution in [2.75, 3.05) is 0 Å². The monoisotopic (exact) mass is 336 g/mol. The molecule has 0 heterocycles. The van der Waals surface area contributed by atoms with E-state index >= 15 is 0 Å². The summed E-state index contributed by atoms with van der Waals surface area (Å²) in [5.41, 5.74) is 6.50. The summed E-state index contributed by atoms with van der Waals surface area (Å²) in [6.07, 6.45) is 5.81. The van der Waals surface area contributed by atoms with Crippen LogP contribution in [0.3, 0.4) is 0 Å². The Morgan fingerprint density at radius 1 is 1.04 bits per heavy atom. The van der Waals surface area contributed by atoms with Crippen LogP contribution in [-0.4, -0.2) is 6.03 Å². The van der Waals surface area contributed by atoms with Crippen molar-refractivity contribution in [2.45, 2.75) is 58.5 Å². The number of amides is 2. The molecule has 2 amide bonds. The second-order valence-corrected chi connectivity index (χ2v) is 7.01. The highest BCUT2D eigenvalue weighted by Crippen LogP contribution is 2.26. The quantitative estimate of drug-likeness (QED) is 0.807. The van der Waals surface area contributed by atoms with E-state index in [9.17, 15) is 4.79 Å². The molecule has 2 aromatic rings. The molecule has 132 valence electrons. The Kier molecular flexibility index (Phi) is 5.75. The molecule has 0 saturated carbocycles. The molecule has 1 aliphatic carbocycles. The number of nitrogens with one attached hydrogen (secondary N) is 2. The van der Waals surface area contributed by atoms with Gasteiger partial charge in [-0.3, -0.25) is 0 Å². The first-order valence-corrected chi connectivity index (χ1v) is 9.37. The predicted molar refractivity (Wildman–Crippen MR) is 103 cm³/mol. The van der Waals surface area contributed by atoms with Gasteiger partial charge >= 0.3 is 6.03 Å². The molecule has 1 unspecified atom stereocenters. The van der Waals surface area contributed by atoms with E-state index < -0.39 is 0 Å². The van der Waals surface area contributed by atoms with E-state index in [0.717, 1.165) is 12.0 Å². The summed E-state index contributed by atoms with van der Waals surface area (Å²) < 4.78 is 0. The highest BCUT2D eigenvalue weighted by atomic mass is 16.2. The molecule has 3 nitrogen and oxygen atoms in total. The van der Waals surface area contributed by atoms with E-state index in [1.165, 1.54) is 47.9 Å². The molecule has 0 saturated heterocycles. The van der Waals surface area contributed by atoms with Gasteiger partial charge in [-0.2, -0.15) is 0 Å². The van der Waals surface area contributed by atoms with Crippen LogP contribution in [0, 0.1) is 6.92 Å². The SMILES string of the molecule is CCC(NC(=O)NCc1ccc(C)cc1)c1ccc2c(c1)CCCC2. The summed E-state index contributed by atoms with van der Waals surface area (Å²) >= 11 is 0. The molecule has 1 atom stereocenters. The average molecular weight is 336 g/mol. The zero-order chi connectivity index (χ0) is 17.6. The maximum atomic E-state index is 12.3. The minimum absolute atomic E-state index is 0.0604. The second-order valence-electron chi connectivity index (χ2n) is 7.01. The summed E-state index contributed by atoms with van der Waals surface area (Å²) in [5, 5.41) is 6.09. The third kappa shape index (κ3) is 4.62. The van der Waals surface area contributed by atoms with Crippen LogP contribution in [0.5, 0.6) is 0 Å². The van der Waals surface area contributed by atoms with Crippen LogP contribution >= 0.6 is 0 Å². The van der Waals surface area contributed by atoms with Crippen LogP contribution < -0.4 is 10.6 Å². The number of hydrogen-bond donors (Lipinski definition) is 2. The predicted octanol–water partition coefficient (Wildman–Crippen LogP) is 4.82. The number of fused-ring (bicyclic) bond motifs is 1. The van der Waals surface area contributed by atoms with Crippen molar-refractivity contribution >= 4 is 6.03 Å². The van der Waals surface area contributed by atoms with Crippen molar-refractivity contribution in [2.24, 2.45) is 0 Å². The van der Waals surface area contributed by atoms with Crippen LogP contribution in [0.25, 0.3) is 0 Å². The van der Waals surface area contributed by atoms with Crippen molar-refractivity contribution in [3.05, 3.63) is 70.3 Å². The Labute approximate surface area is 150 Å². The van der Waals surface area contributed by atoms with Crippen molar-refractivity contribution < 1.29 is 4.79 Å². The summed E-state index contributed by atoms with van der Waals surface area (Å²) in [6.45, 7) is 4.73. The third-order valence-corrected chi connectivity index (χ3v) is 5.06. The van der Waals surface area contributed by atoms with Crippen molar-refractivity contribution in [3.8, 4) is 0 Å². The molecule has 2 aromatic carbocycles. The molecule has 0 aliphatic heterocycles. The highest BCUT2D eigenvalue weighted by molar-refractivity contribution is 5.74. The van der Waals surface area contributed by atoms with E-state index in [1.807, 2.05) is 0 Å². The smallest absolute Gasteiger partial charge is 0.315 e. The van der Waals surface area contributed by atoms with Gasteiger partial charge in [0, 0.05) is 6.54 Å². The molecule has 0 fully saturated rings. The lowest BCUT2D eigenvalue weighted by Gasteiger charge is -2.22. The lowest BCUT2D eigenvalue weighted by molar-refractivity contribution is 0.236. The Bertz CT molecular complexity index is 721. The summed E-state index contributed by atoms with van der Waals surface area (Å²) in [4.78, 5) is 12.3. The Balaban J connectivity index is 1.59. The largest absolute Gasteiger partial charge is 0.334 e. The Hall–Kier alpha value is -2.29. The molecule has 0 radical (unpaired) electrons. The Morgan fingerprint density at radius 3 is 2.48 bits per heavy atom. The molecule has 25 heavy (non-hydrogen) atoms. The van der Waals surface area contributed by atoms with Crippen molar-refractivity contribution in [1.82, 2.24) is 10.6 Å². The first-order chi connectivity index (χ1) is 12.2. The van der Waals surface area contributed by atoms with Gasteiger partial charge in [0.15, 0.2) is 0 Å². The first kappa shape index (κ1) is 17.5. The molecule has 0 bridgehead atoms. The lowest BCUT2D eigenvalue weighted by Crippen LogP contribution is -2.37. The van der Waals surface area contributed by atoms with Gasteiger partial charge in [0.05, 0.1) is 6.04 Å². The maximum Gasteiger partial charge on any atom is 0.315 e. The standard InChI is InChI=1S/C22H28N2O/c1-3-21(20-13-12-18-6-4-5-7-19(18)14-20)24-22(25)23-15-17-10-8-16(2)9-11-17/h8-14,21H,3-7,15H2,1-2H3,(H2,23,24,25). The zero-order valence-electron chi connectivity index (χ0n) is 15.3. The molecular weight excluding hydrogens is 308 g/mol. The molecule has 0 aromatic heterocycles. The molecule has 3 heteroatoms.